The molecule has 4 nitrogen and oxygen atoms in total. The van der Waals surface area contributed by atoms with Crippen LogP contribution in [0.4, 0.5) is 0 Å². The first-order chi connectivity index (χ1) is 11.4. The molecule has 1 fully saturated rings. The lowest BCUT2D eigenvalue weighted by atomic mass is 9.74. The molecule has 0 spiro atoms. The van der Waals surface area contributed by atoms with Crippen LogP contribution in [0.5, 0.6) is 0 Å². The van der Waals surface area contributed by atoms with E-state index in [-0.39, 0.29) is 30.1 Å². The predicted octanol–water partition coefficient (Wildman–Crippen LogP) is 4.02. The van der Waals surface area contributed by atoms with E-state index in [0.717, 1.165) is 0 Å². The number of carbonyl (C=O) groups is 1. The predicted molar refractivity (Wildman–Crippen MR) is 103 cm³/mol. The molecule has 1 N–H and O–H groups in total. The van der Waals surface area contributed by atoms with Gasteiger partial charge in [0.05, 0.1) is 11.2 Å². The lowest BCUT2D eigenvalue weighted by Crippen LogP contribution is -2.41. The van der Waals surface area contributed by atoms with Gasteiger partial charge in [0, 0.05) is 12.0 Å². The van der Waals surface area contributed by atoms with Gasteiger partial charge in [0.15, 0.2) is 0 Å². The summed E-state index contributed by atoms with van der Waals surface area (Å²) in [5.41, 5.74) is 0.110. The van der Waals surface area contributed by atoms with Gasteiger partial charge in [-0.1, -0.05) is 51.1 Å². The SMILES string of the molecule is CC(C)(C)C(=O)NC[C@@H](CB1OC(C)(C)C(C)(C)O1)c1ccccc1. The van der Waals surface area contributed by atoms with Crippen LogP contribution < -0.4 is 5.32 Å². The average molecular weight is 345 g/mol. The summed E-state index contributed by atoms with van der Waals surface area (Å²) in [4.78, 5) is 12.3. The lowest BCUT2D eigenvalue weighted by molar-refractivity contribution is -0.128. The molecule has 0 aromatic heterocycles. The maximum absolute atomic E-state index is 12.3. The fraction of sp³-hybridized carbons (Fsp3) is 0.650. The van der Waals surface area contributed by atoms with Gasteiger partial charge in [0.25, 0.3) is 0 Å². The zero-order valence-corrected chi connectivity index (χ0v) is 16.7. The maximum Gasteiger partial charge on any atom is 0.458 e. The topological polar surface area (TPSA) is 47.6 Å². The van der Waals surface area contributed by atoms with Gasteiger partial charge in [-0.3, -0.25) is 4.79 Å². The summed E-state index contributed by atoms with van der Waals surface area (Å²) in [6.07, 6.45) is 0.710. The average Bonchev–Trinajstić information content (AvgIpc) is 2.70. The standard InChI is InChI=1S/C20H32BNO3/c1-18(2,3)17(23)22-14-16(15-11-9-8-10-12-15)13-21-24-19(4,5)20(6,7)25-21/h8-12,16H,13-14H2,1-7H3,(H,22,23)/t16-/m1/s1. The molecule has 138 valence electrons. The molecule has 1 amide bonds. The number of amides is 1. The zero-order chi connectivity index (χ0) is 18.9. The Hall–Kier alpha value is -1.33. The Morgan fingerprint density at radius 1 is 1.08 bits per heavy atom. The van der Waals surface area contributed by atoms with Gasteiger partial charge in [-0.15, -0.1) is 0 Å². The van der Waals surface area contributed by atoms with Crippen LogP contribution in [0.1, 0.15) is 59.9 Å². The highest BCUT2D eigenvalue weighted by molar-refractivity contribution is 6.45. The Bertz CT molecular complexity index is 577. The van der Waals surface area contributed by atoms with E-state index in [1.807, 2.05) is 39.0 Å². The minimum atomic E-state index is -0.397. The molecule has 5 heteroatoms. The van der Waals surface area contributed by atoms with E-state index in [0.29, 0.717) is 12.9 Å². The molecule has 1 aliphatic heterocycles. The molecular formula is C20H32BNO3. The van der Waals surface area contributed by atoms with Crippen molar-refractivity contribution in [2.45, 2.75) is 71.9 Å². The van der Waals surface area contributed by atoms with Gasteiger partial charge in [-0.2, -0.15) is 0 Å². The third-order valence-corrected chi connectivity index (χ3v) is 5.24. The van der Waals surface area contributed by atoms with Crippen molar-refractivity contribution in [1.82, 2.24) is 5.32 Å². The van der Waals surface area contributed by atoms with Crippen molar-refractivity contribution in [3.8, 4) is 0 Å². The van der Waals surface area contributed by atoms with E-state index in [1.54, 1.807) is 0 Å². The fourth-order valence-electron chi connectivity index (χ4n) is 2.84. The molecule has 25 heavy (non-hydrogen) atoms. The van der Waals surface area contributed by atoms with E-state index < -0.39 is 5.41 Å². The summed E-state index contributed by atoms with van der Waals surface area (Å²) in [6.45, 7) is 14.6. The molecule has 0 bridgehead atoms. The van der Waals surface area contributed by atoms with Crippen LogP contribution in [-0.2, 0) is 14.1 Å². The number of hydrogen-bond acceptors (Lipinski definition) is 3. The van der Waals surface area contributed by atoms with Crippen molar-refractivity contribution in [3.63, 3.8) is 0 Å². The Morgan fingerprint density at radius 2 is 1.60 bits per heavy atom. The van der Waals surface area contributed by atoms with Gasteiger partial charge in [-0.05, 0) is 45.5 Å². The Balaban J connectivity index is 2.10. The summed E-state index contributed by atoms with van der Waals surface area (Å²) >= 11 is 0. The van der Waals surface area contributed by atoms with E-state index in [9.17, 15) is 4.79 Å². The third-order valence-electron chi connectivity index (χ3n) is 5.24. The summed E-state index contributed by atoms with van der Waals surface area (Å²) in [5, 5.41) is 3.09. The molecule has 1 saturated heterocycles. The van der Waals surface area contributed by atoms with Gasteiger partial charge in [0.2, 0.25) is 5.91 Å². The molecular weight excluding hydrogens is 313 g/mol. The van der Waals surface area contributed by atoms with Crippen LogP contribution in [0.3, 0.4) is 0 Å². The molecule has 0 radical (unpaired) electrons. The molecule has 1 aromatic carbocycles. The van der Waals surface area contributed by atoms with Crippen LogP contribution in [-0.4, -0.2) is 30.8 Å². The van der Waals surface area contributed by atoms with E-state index in [2.05, 4.69) is 45.1 Å². The number of carbonyl (C=O) groups excluding carboxylic acids is 1. The Kier molecular flexibility index (Phi) is 5.70. The first kappa shape index (κ1) is 20.0. The molecule has 0 saturated carbocycles. The summed E-state index contributed by atoms with van der Waals surface area (Å²) in [6, 6.07) is 10.2. The van der Waals surface area contributed by atoms with Gasteiger partial charge >= 0.3 is 7.12 Å². The second-order valence-electron chi connectivity index (χ2n) is 8.99. The Morgan fingerprint density at radius 3 is 2.08 bits per heavy atom. The minimum Gasteiger partial charge on any atom is -0.403 e. The highest BCUT2D eigenvalue weighted by Crippen LogP contribution is 2.39. The van der Waals surface area contributed by atoms with Gasteiger partial charge < -0.3 is 14.6 Å². The molecule has 0 aliphatic carbocycles. The monoisotopic (exact) mass is 345 g/mol. The normalized spacial score (nSPS) is 20.4. The first-order valence-corrected chi connectivity index (χ1v) is 9.11. The van der Waals surface area contributed by atoms with Crippen molar-refractivity contribution in [1.29, 1.82) is 0 Å². The second-order valence-corrected chi connectivity index (χ2v) is 8.99. The van der Waals surface area contributed by atoms with Gasteiger partial charge in [-0.25, -0.2) is 0 Å². The van der Waals surface area contributed by atoms with Crippen LogP contribution >= 0.6 is 0 Å². The largest absolute Gasteiger partial charge is 0.458 e. The van der Waals surface area contributed by atoms with Crippen LogP contribution in [0.15, 0.2) is 30.3 Å². The lowest BCUT2D eigenvalue weighted by Gasteiger charge is -2.32. The summed E-state index contributed by atoms with van der Waals surface area (Å²) < 4.78 is 12.3. The maximum atomic E-state index is 12.3. The van der Waals surface area contributed by atoms with Crippen molar-refractivity contribution in [2.24, 2.45) is 5.41 Å². The molecule has 1 atom stereocenters. The van der Waals surface area contributed by atoms with Crippen LogP contribution in [0, 0.1) is 5.41 Å². The van der Waals surface area contributed by atoms with E-state index >= 15 is 0 Å². The van der Waals surface area contributed by atoms with Crippen molar-refractivity contribution in [3.05, 3.63) is 35.9 Å². The van der Waals surface area contributed by atoms with Crippen LogP contribution in [0.25, 0.3) is 0 Å². The number of hydrogen-bond donors (Lipinski definition) is 1. The number of benzene rings is 1. The Labute approximate surface area is 152 Å². The molecule has 2 rings (SSSR count). The summed E-state index contributed by atoms with van der Waals surface area (Å²) in [5.74, 6) is 0.199. The second kappa shape index (κ2) is 7.12. The van der Waals surface area contributed by atoms with Crippen molar-refractivity contribution in [2.75, 3.05) is 6.54 Å². The van der Waals surface area contributed by atoms with Crippen molar-refractivity contribution < 1.29 is 14.1 Å². The molecule has 1 aliphatic rings. The molecule has 1 heterocycles. The smallest absolute Gasteiger partial charge is 0.403 e. The zero-order valence-electron chi connectivity index (χ0n) is 16.7. The molecule has 0 unspecified atom stereocenters. The first-order valence-electron chi connectivity index (χ1n) is 9.11. The fourth-order valence-corrected chi connectivity index (χ4v) is 2.84. The highest BCUT2D eigenvalue weighted by Gasteiger charge is 2.51. The quantitative estimate of drug-likeness (QED) is 0.820. The minimum absolute atomic E-state index is 0.0577. The number of rotatable bonds is 5. The highest BCUT2D eigenvalue weighted by atomic mass is 16.7. The summed E-state index contributed by atoms with van der Waals surface area (Å²) in [7, 11) is -0.276. The van der Waals surface area contributed by atoms with Crippen molar-refractivity contribution >= 4 is 13.0 Å². The number of nitrogens with one attached hydrogen (secondary N) is 1. The van der Waals surface area contributed by atoms with E-state index in [1.165, 1.54) is 5.56 Å². The molecule has 1 aromatic rings. The van der Waals surface area contributed by atoms with Gasteiger partial charge in [0.1, 0.15) is 0 Å². The van der Waals surface area contributed by atoms with E-state index in [4.69, 9.17) is 9.31 Å². The van der Waals surface area contributed by atoms with Crippen LogP contribution in [0.2, 0.25) is 6.32 Å². The third kappa shape index (κ3) is 4.86.